The molecule has 7 nitrogen and oxygen atoms in total. The number of hydrogen-bond acceptors (Lipinski definition) is 6. The maximum absolute atomic E-state index is 4.69. The van der Waals surface area contributed by atoms with E-state index in [0.29, 0.717) is 12.5 Å². The van der Waals surface area contributed by atoms with E-state index in [4.69, 9.17) is 0 Å². The van der Waals surface area contributed by atoms with Crippen LogP contribution in [0.4, 0.5) is 5.95 Å². The molecule has 134 valence electrons. The van der Waals surface area contributed by atoms with E-state index in [1.54, 1.807) is 18.5 Å². The zero-order valence-corrected chi connectivity index (χ0v) is 15.0. The highest BCUT2D eigenvalue weighted by Gasteiger charge is 2.18. The molecule has 0 saturated carbocycles. The van der Waals surface area contributed by atoms with Gasteiger partial charge in [-0.2, -0.15) is 5.10 Å². The first kappa shape index (κ1) is 16.7. The topological polar surface area (TPSA) is 71.8 Å². The summed E-state index contributed by atoms with van der Waals surface area (Å²) in [6.07, 6.45) is 6.47. The molecule has 0 atom stereocenters. The molecule has 7 heteroatoms. The van der Waals surface area contributed by atoms with Crippen LogP contribution in [0.1, 0.15) is 29.6 Å². The van der Waals surface area contributed by atoms with Crippen molar-refractivity contribution in [2.45, 2.75) is 39.5 Å². The maximum atomic E-state index is 4.69. The summed E-state index contributed by atoms with van der Waals surface area (Å²) in [6.45, 7) is 6.44. The molecule has 4 rings (SSSR count). The lowest BCUT2D eigenvalue weighted by Crippen LogP contribution is -2.33. The highest BCUT2D eigenvalue weighted by Crippen LogP contribution is 2.16. The first-order valence-electron chi connectivity index (χ1n) is 9.03. The first-order valence-corrected chi connectivity index (χ1v) is 9.03. The normalized spacial score (nSPS) is 14.2. The number of fused-ring (bicyclic) bond motifs is 1. The minimum atomic E-state index is 0.627. The average Bonchev–Trinajstić information content (AvgIpc) is 3.10. The Morgan fingerprint density at radius 2 is 1.96 bits per heavy atom. The molecule has 26 heavy (non-hydrogen) atoms. The van der Waals surface area contributed by atoms with Crippen LogP contribution in [0, 0.1) is 0 Å². The molecule has 0 amide bonds. The van der Waals surface area contributed by atoms with Gasteiger partial charge >= 0.3 is 0 Å². The summed E-state index contributed by atoms with van der Waals surface area (Å²) < 4.78 is 2.10. The molecule has 0 unspecified atom stereocenters. The minimum Gasteiger partial charge on any atom is -0.348 e. The van der Waals surface area contributed by atoms with Gasteiger partial charge in [-0.15, -0.1) is 0 Å². The van der Waals surface area contributed by atoms with Crippen molar-refractivity contribution in [1.29, 1.82) is 0 Å². The zero-order valence-electron chi connectivity index (χ0n) is 15.0. The van der Waals surface area contributed by atoms with Crippen molar-refractivity contribution in [2.75, 3.05) is 11.9 Å². The van der Waals surface area contributed by atoms with Crippen LogP contribution in [0.25, 0.3) is 0 Å². The van der Waals surface area contributed by atoms with E-state index in [9.17, 15) is 0 Å². The van der Waals surface area contributed by atoms with Crippen molar-refractivity contribution in [1.82, 2.24) is 29.6 Å². The second-order valence-corrected chi connectivity index (χ2v) is 6.50. The Labute approximate surface area is 153 Å². The fourth-order valence-corrected chi connectivity index (χ4v) is 3.15. The number of anilines is 1. The van der Waals surface area contributed by atoms with Gasteiger partial charge in [-0.25, -0.2) is 9.97 Å². The summed E-state index contributed by atoms with van der Waals surface area (Å²) in [5, 5.41) is 7.90. The van der Waals surface area contributed by atoms with Crippen LogP contribution < -0.4 is 5.32 Å². The fraction of sp³-hybridized carbons (Fsp3) is 0.368. The van der Waals surface area contributed by atoms with E-state index in [-0.39, 0.29) is 0 Å². The van der Waals surface area contributed by atoms with Gasteiger partial charge < -0.3 is 5.32 Å². The van der Waals surface area contributed by atoms with Gasteiger partial charge in [0.25, 0.3) is 0 Å². The molecular formula is C19H23N7. The van der Waals surface area contributed by atoms with Gasteiger partial charge in [0, 0.05) is 38.2 Å². The third-order valence-electron chi connectivity index (χ3n) is 4.60. The van der Waals surface area contributed by atoms with Crippen molar-refractivity contribution in [3.05, 3.63) is 65.5 Å². The summed E-state index contributed by atoms with van der Waals surface area (Å²) in [7, 11) is 0. The SMILES string of the molecule is CCc1ccc(CN2CCn3nc(CNc4ncccn4)cc3C2)nc1. The number of hydrogen-bond donors (Lipinski definition) is 1. The fourth-order valence-electron chi connectivity index (χ4n) is 3.15. The molecule has 0 radical (unpaired) electrons. The Bertz CT molecular complexity index is 842. The zero-order chi connectivity index (χ0) is 17.8. The predicted molar refractivity (Wildman–Crippen MR) is 99.3 cm³/mol. The van der Waals surface area contributed by atoms with Crippen LogP contribution >= 0.6 is 0 Å². The Morgan fingerprint density at radius 3 is 2.73 bits per heavy atom. The van der Waals surface area contributed by atoms with E-state index in [0.717, 1.165) is 44.0 Å². The standard InChI is InChI=1S/C19H23N7/c1-2-15-4-5-16(22-11-15)13-25-8-9-26-18(14-25)10-17(24-26)12-23-19-20-6-3-7-21-19/h3-7,10-11H,2,8-9,12-14H2,1H3,(H,20,21,23). The van der Waals surface area contributed by atoms with Gasteiger partial charge in [-0.05, 0) is 30.2 Å². The molecule has 3 aromatic heterocycles. The van der Waals surface area contributed by atoms with Crippen LogP contribution in [0.3, 0.4) is 0 Å². The largest absolute Gasteiger partial charge is 0.348 e. The summed E-state index contributed by atoms with van der Waals surface area (Å²) in [6, 6.07) is 8.28. The third kappa shape index (κ3) is 3.88. The molecule has 1 aliphatic heterocycles. The Balaban J connectivity index is 1.36. The first-order chi connectivity index (χ1) is 12.8. The summed E-state index contributed by atoms with van der Waals surface area (Å²) in [5.41, 5.74) is 4.66. The van der Waals surface area contributed by atoms with Crippen molar-refractivity contribution in [3.63, 3.8) is 0 Å². The highest BCUT2D eigenvalue weighted by molar-refractivity contribution is 5.25. The molecular weight excluding hydrogens is 326 g/mol. The maximum Gasteiger partial charge on any atom is 0.222 e. The number of nitrogens with zero attached hydrogens (tertiary/aromatic N) is 6. The quantitative estimate of drug-likeness (QED) is 0.736. The lowest BCUT2D eigenvalue weighted by atomic mass is 10.2. The van der Waals surface area contributed by atoms with Crippen LogP contribution in [-0.4, -0.2) is 36.2 Å². The lowest BCUT2D eigenvalue weighted by Gasteiger charge is -2.27. The van der Waals surface area contributed by atoms with E-state index < -0.39 is 0 Å². The predicted octanol–water partition coefficient (Wildman–Crippen LogP) is 2.26. The molecule has 1 aliphatic rings. The number of aryl methyl sites for hydroxylation is 1. The van der Waals surface area contributed by atoms with Gasteiger partial charge in [0.15, 0.2) is 0 Å². The molecule has 3 aromatic rings. The van der Waals surface area contributed by atoms with Gasteiger partial charge in [0.2, 0.25) is 5.95 Å². The lowest BCUT2D eigenvalue weighted by molar-refractivity contribution is 0.203. The van der Waals surface area contributed by atoms with Crippen molar-refractivity contribution < 1.29 is 0 Å². The molecule has 1 N–H and O–H groups in total. The second-order valence-electron chi connectivity index (χ2n) is 6.50. The van der Waals surface area contributed by atoms with E-state index >= 15 is 0 Å². The van der Waals surface area contributed by atoms with Gasteiger partial charge in [-0.3, -0.25) is 14.6 Å². The molecule has 0 bridgehead atoms. The molecule has 0 saturated heterocycles. The highest BCUT2D eigenvalue weighted by atomic mass is 15.3. The molecule has 0 spiro atoms. The molecule has 0 fully saturated rings. The van der Waals surface area contributed by atoms with E-state index in [1.165, 1.54) is 11.3 Å². The van der Waals surface area contributed by atoms with Crippen LogP contribution in [0.2, 0.25) is 0 Å². The average molecular weight is 349 g/mol. The van der Waals surface area contributed by atoms with Crippen LogP contribution in [0.15, 0.2) is 42.9 Å². The monoisotopic (exact) mass is 349 g/mol. The van der Waals surface area contributed by atoms with Crippen molar-refractivity contribution >= 4 is 5.95 Å². The van der Waals surface area contributed by atoms with Gasteiger partial charge in [0.1, 0.15) is 0 Å². The molecule has 0 aliphatic carbocycles. The van der Waals surface area contributed by atoms with Crippen LogP contribution in [-0.2, 0) is 32.6 Å². The van der Waals surface area contributed by atoms with Gasteiger partial charge in [0.05, 0.1) is 30.2 Å². The molecule has 0 aromatic carbocycles. The summed E-state index contributed by atoms with van der Waals surface area (Å²) in [4.78, 5) is 15.3. The second kappa shape index (κ2) is 7.61. The minimum absolute atomic E-state index is 0.627. The van der Waals surface area contributed by atoms with Crippen LogP contribution in [0.5, 0.6) is 0 Å². The summed E-state index contributed by atoms with van der Waals surface area (Å²) >= 11 is 0. The summed E-state index contributed by atoms with van der Waals surface area (Å²) in [5.74, 6) is 0.627. The number of nitrogens with one attached hydrogen (secondary N) is 1. The Morgan fingerprint density at radius 1 is 1.08 bits per heavy atom. The Kier molecular flexibility index (Phi) is 4.88. The smallest absolute Gasteiger partial charge is 0.222 e. The number of aromatic nitrogens is 5. The molecule has 4 heterocycles. The number of rotatable bonds is 6. The Hall–Kier alpha value is -2.80. The van der Waals surface area contributed by atoms with Crippen molar-refractivity contribution in [3.8, 4) is 0 Å². The number of pyridine rings is 1. The van der Waals surface area contributed by atoms with Crippen molar-refractivity contribution in [2.24, 2.45) is 0 Å². The third-order valence-corrected chi connectivity index (χ3v) is 4.60. The van der Waals surface area contributed by atoms with E-state index in [1.807, 2.05) is 6.20 Å². The van der Waals surface area contributed by atoms with E-state index in [2.05, 4.69) is 60.1 Å². The van der Waals surface area contributed by atoms with Gasteiger partial charge in [-0.1, -0.05) is 13.0 Å².